The van der Waals surface area contributed by atoms with Crippen LogP contribution in [0, 0.1) is 23.7 Å². The lowest BCUT2D eigenvalue weighted by atomic mass is 9.84. The van der Waals surface area contributed by atoms with Crippen molar-refractivity contribution in [3.8, 4) is 0 Å². The average molecular weight is 273 g/mol. The summed E-state index contributed by atoms with van der Waals surface area (Å²) in [6.45, 7) is 4.18. The fraction of sp³-hybridized carbons (Fsp3) is 0.929. The number of nitrogens with zero attached hydrogens (tertiary/aromatic N) is 1. The minimum atomic E-state index is 0. The van der Waals surface area contributed by atoms with E-state index in [0.717, 1.165) is 19.0 Å². The maximum Gasteiger partial charge on any atom is 0.227 e. The lowest BCUT2D eigenvalue weighted by Gasteiger charge is -2.30. The first-order valence-corrected chi connectivity index (χ1v) is 7.25. The van der Waals surface area contributed by atoms with Gasteiger partial charge in [0, 0.05) is 19.1 Å². The third-order valence-corrected chi connectivity index (χ3v) is 5.44. The second-order valence-electron chi connectivity index (χ2n) is 6.28. The first kappa shape index (κ1) is 14.1. The number of carbonyl (C=O) groups is 1. The summed E-state index contributed by atoms with van der Waals surface area (Å²) in [4.78, 5) is 14.7. The topological polar surface area (TPSA) is 46.3 Å². The van der Waals surface area contributed by atoms with Crippen molar-refractivity contribution in [2.45, 2.75) is 45.1 Å². The Hall–Kier alpha value is -0.280. The number of carbonyl (C=O) groups excluding carboxylic acids is 1. The predicted molar refractivity (Wildman–Crippen MR) is 74.5 cm³/mol. The van der Waals surface area contributed by atoms with Crippen molar-refractivity contribution in [3.63, 3.8) is 0 Å². The first-order chi connectivity index (χ1) is 8.20. The summed E-state index contributed by atoms with van der Waals surface area (Å²) in [7, 11) is 0. The van der Waals surface area contributed by atoms with Gasteiger partial charge in [0.25, 0.3) is 0 Å². The zero-order chi connectivity index (χ0) is 12.0. The van der Waals surface area contributed by atoms with Crippen molar-refractivity contribution < 1.29 is 4.79 Å². The molecule has 104 valence electrons. The molecule has 0 radical (unpaired) electrons. The van der Waals surface area contributed by atoms with E-state index in [4.69, 9.17) is 5.73 Å². The second-order valence-corrected chi connectivity index (χ2v) is 6.28. The quantitative estimate of drug-likeness (QED) is 0.836. The molecule has 1 heterocycles. The molecule has 3 fully saturated rings. The molecule has 0 aromatic heterocycles. The fourth-order valence-corrected chi connectivity index (χ4v) is 4.28. The van der Waals surface area contributed by atoms with Gasteiger partial charge in [-0.1, -0.05) is 13.3 Å². The number of amides is 1. The van der Waals surface area contributed by atoms with E-state index in [-0.39, 0.29) is 24.4 Å². The Labute approximate surface area is 116 Å². The minimum absolute atomic E-state index is 0. The van der Waals surface area contributed by atoms with Crippen molar-refractivity contribution in [2.75, 3.05) is 13.1 Å². The summed E-state index contributed by atoms with van der Waals surface area (Å²) in [6, 6.07) is 0.155. The summed E-state index contributed by atoms with van der Waals surface area (Å²) in [6.07, 6.45) is 6.10. The number of nitrogens with two attached hydrogens (primary N) is 1. The zero-order valence-corrected chi connectivity index (χ0v) is 12.0. The molecule has 2 bridgehead atoms. The standard InChI is InChI=1S/C14H24N2O.ClH/c1-2-9-5-6-16(8-9)14(17)12-10-3-4-11(7-10)13(12)15;/h9-13H,2-8,15H2,1H3;1H. The highest BCUT2D eigenvalue weighted by atomic mass is 35.5. The van der Waals surface area contributed by atoms with Gasteiger partial charge in [0.15, 0.2) is 0 Å². The van der Waals surface area contributed by atoms with E-state index < -0.39 is 0 Å². The Kier molecular flexibility index (Phi) is 4.22. The molecule has 3 aliphatic rings. The first-order valence-electron chi connectivity index (χ1n) is 7.25. The molecule has 0 aromatic carbocycles. The Bertz CT molecular complexity index is 321. The van der Waals surface area contributed by atoms with Crippen LogP contribution < -0.4 is 5.73 Å². The molecule has 1 amide bonds. The summed E-state index contributed by atoms with van der Waals surface area (Å²) in [5.41, 5.74) is 6.25. The normalized spacial score (nSPS) is 42.1. The maximum absolute atomic E-state index is 12.6. The highest BCUT2D eigenvalue weighted by Gasteiger charge is 2.50. The minimum Gasteiger partial charge on any atom is -0.342 e. The van der Waals surface area contributed by atoms with Crippen LogP contribution in [0.25, 0.3) is 0 Å². The van der Waals surface area contributed by atoms with Crippen LogP contribution >= 0.6 is 12.4 Å². The third kappa shape index (κ3) is 2.16. The molecule has 5 atom stereocenters. The molecule has 5 unspecified atom stereocenters. The third-order valence-electron chi connectivity index (χ3n) is 5.44. The molecule has 2 saturated carbocycles. The maximum atomic E-state index is 12.6. The van der Waals surface area contributed by atoms with E-state index in [1.807, 2.05) is 0 Å². The lowest BCUT2D eigenvalue weighted by Crippen LogP contribution is -2.46. The summed E-state index contributed by atoms with van der Waals surface area (Å²) in [5, 5.41) is 0. The molecule has 2 aliphatic carbocycles. The number of hydrogen-bond donors (Lipinski definition) is 1. The van der Waals surface area contributed by atoms with Crippen LogP contribution in [0.3, 0.4) is 0 Å². The number of likely N-dealkylation sites (tertiary alicyclic amines) is 1. The Morgan fingerprint density at radius 3 is 2.56 bits per heavy atom. The SMILES string of the molecule is CCC1CCN(C(=O)C2C3CCC(C3)C2N)C1.Cl. The predicted octanol–water partition coefficient (Wildman–Crippen LogP) is 2.04. The van der Waals surface area contributed by atoms with E-state index in [2.05, 4.69) is 11.8 Å². The monoisotopic (exact) mass is 272 g/mol. The van der Waals surface area contributed by atoms with E-state index in [9.17, 15) is 4.79 Å². The molecule has 0 spiro atoms. The van der Waals surface area contributed by atoms with E-state index in [1.54, 1.807) is 0 Å². The summed E-state index contributed by atoms with van der Waals surface area (Å²) >= 11 is 0. The van der Waals surface area contributed by atoms with Crippen molar-refractivity contribution in [3.05, 3.63) is 0 Å². The van der Waals surface area contributed by atoms with Crippen LogP contribution in [-0.4, -0.2) is 29.9 Å². The van der Waals surface area contributed by atoms with Crippen LogP contribution in [0.1, 0.15) is 39.0 Å². The van der Waals surface area contributed by atoms with Crippen LogP contribution in [0.4, 0.5) is 0 Å². The number of hydrogen-bond acceptors (Lipinski definition) is 2. The second kappa shape index (κ2) is 5.38. The van der Waals surface area contributed by atoms with Gasteiger partial charge in [-0.2, -0.15) is 0 Å². The fourth-order valence-electron chi connectivity index (χ4n) is 4.28. The van der Waals surface area contributed by atoms with Gasteiger partial charge in [-0.25, -0.2) is 0 Å². The van der Waals surface area contributed by atoms with Gasteiger partial charge in [0.05, 0.1) is 5.92 Å². The van der Waals surface area contributed by atoms with Crippen molar-refractivity contribution in [1.82, 2.24) is 4.90 Å². The molecule has 2 N–H and O–H groups in total. The van der Waals surface area contributed by atoms with E-state index >= 15 is 0 Å². The van der Waals surface area contributed by atoms with E-state index in [1.165, 1.54) is 32.1 Å². The van der Waals surface area contributed by atoms with Gasteiger partial charge in [-0.15, -0.1) is 12.4 Å². The summed E-state index contributed by atoms with van der Waals surface area (Å²) in [5.74, 6) is 2.50. The van der Waals surface area contributed by atoms with Gasteiger partial charge in [-0.3, -0.25) is 4.79 Å². The number of fused-ring (bicyclic) bond motifs is 2. The summed E-state index contributed by atoms with van der Waals surface area (Å²) < 4.78 is 0. The Morgan fingerprint density at radius 2 is 2.00 bits per heavy atom. The average Bonchev–Trinajstić information content (AvgIpc) is 3.03. The van der Waals surface area contributed by atoms with Crippen LogP contribution in [0.15, 0.2) is 0 Å². The van der Waals surface area contributed by atoms with Crippen molar-refractivity contribution in [2.24, 2.45) is 29.4 Å². The van der Waals surface area contributed by atoms with Crippen LogP contribution in [0.5, 0.6) is 0 Å². The Balaban J connectivity index is 0.00000120. The van der Waals surface area contributed by atoms with Crippen molar-refractivity contribution in [1.29, 1.82) is 0 Å². The molecule has 3 rings (SSSR count). The molecular formula is C14H25ClN2O. The molecule has 1 saturated heterocycles. The van der Waals surface area contributed by atoms with Crippen LogP contribution in [-0.2, 0) is 4.79 Å². The van der Waals surface area contributed by atoms with Crippen molar-refractivity contribution >= 4 is 18.3 Å². The van der Waals surface area contributed by atoms with Gasteiger partial charge < -0.3 is 10.6 Å². The largest absolute Gasteiger partial charge is 0.342 e. The van der Waals surface area contributed by atoms with Gasteiger partial charge in [0.2, 0.25) is 5.91 Å². The van der Waals surface area contributed by atoms with Gasteiger partial charge in [0.1, 0.15) is 0 Å². The highest BCUT2D eigenvalue weighted by molar-refractivity contribution is 5.85. The molecule has 1 aliphatic heterocycles. The van der Waals surface area contributed by atoms with Gasteiger partial charge in [-0.05, 0) is 43.4 Å². The number of halogens is 1. The molecule has 4 heteroatoms. The highest BCUT2D eigenvalue weighted by Crippen LogP contribution is 2.48. The van der Waals surface area contributed by atoms with Crippen LogP contribution in [0.2, 0.25) is 0 Å². The lowest BCUT2D eigenvalue weighted by molar-refractivity contribution is -0.136. The molecular weight excluding hydrogens is 248 g/mol. The molecule has 0 aromatic rings. The van der Waals surface area contributed by atoms with E-state index in [0.29, 0.717) is 17.7 Å². The zero-order valence-electron chi connectivity index (χ0n) is 11.2. The number of rotatable bonds is 2. The smallest absolute Gasteiger partial charge is 0.227 e. The molecule has 18 heavy (non-hydrogen) atoms. The Morgan fingerprint density at radius 1 is 1.28 bits per heavy atom. The van der Waals surface area contributed by atoms with Gasteiger partial charge >= 0.3 is 0 Å². The molecule has 3 nitrogen and oxygen atoms in total.